The summed E-state index contributed by atoms with van der Waals surface area (Å²) < 4.78 is 0. The van der Waals surface area contributed by atoms with E-state index in [9.17, 15) is 0 Å². The number of hydrogen-bond donors (Lipinski definition) is 0. The zero-order chi connectivity index (χ0) is 9.54. The Balaban J connectivity index is 1.97. The molecule has 2 aliphatic heterocycles. The van der Waals surface area contributed by atoms with Crippen LogP contribution >= 0.6 is 0 Å². The molecule has 0 bridgehead atoms. The summed E-state index contributed by atoms with van der Waals surface area (Å²) in [6.07, 6.45) is 0. The van der Waals surface area contributed by atoms with Crippen molar-refractivity contribution in [2.45, 2.75) is 12.6 Å². The highest BCUT2D eigenvalue weighted by atomic mass is 15.3. The van der Waals surface area contributed by atoms with E-state index in [1.807, 2.05) is 0 Å². The Labute approximate surface area is 85.1 Å². The third-order valence-corrected chi connectivity index (χ3v) is 3.48. The van der Waals surface area contributed by atoms with Crippen molar-refractivity contribution in [3.8, 4) is 0 Å². The lowest BCUT2D eigenvalue weighted by Gasteiger charge is -2.35. The molecular weight excluding hydrogens is 172 g/mol. The largest absolute Gasteiger partial charge is 0.303 e. The van der Waals surface area contributed by atoms with E-state index in [4.69, 9.17) is 0 Å². The zero-order valence-corrected chi connectivity index (χ0v) is 8.61. The van der Waals surface area contributed by atoms with Crippen molar-refractivity contribution in [3.05, 3.63) is 35.4 Å². The van der Waals surface area contributed by atoms with Crippen LogP contribution in [0.25, 0.3) is 0 Å². The Morgan fingerprint density at radius 3 is 3.00 bits per heavy atom. The predicted octanol–water partition coefficient (Wildman–Crippen LogP) is 1.49. The number of likely N-dealkylation sites (N-methyl/N-ethyl adjacent to an activating group) is 1. The van der Waals surface area contributed by atoms with Crippen LogP contribution < -0.4 is 0 Å². The van der Waals surface area contributed by atoms with Crippen LogP contribution in [-0.4, -0.2) is 36.5 Å². The summed E-state index contributed by atoms with van der Waals surface area (Å²) in [5, 5.41) is 0. The van der Waals surface area contributed by atoms with Crippen LogP contribution in [0.5, 0.6) is 0 Å². The van der Waals surface area contributed by atoms with E-state index in [2.05, 4.69) is 41.1 Å². The number of rotatable bonds is 0. The SMILES string of the molecule is CN1CCN2Cc3ccccc3[C@@H]2C1. The Morgan fingerprint density at radius 2 is 2.07 bits per heavy atom. The van der Waals surface area contributed by atoms with E-state index in [0.717, 1.165) is 6.54 Å². The van der Waals surface area contributed by atoms with Crippen LogP contribution in [0.15, 0.2) is 24.3 Å². The molecule has 1 aromatic rings. The number of benzene rings is 1. The fourth-order valence-corrected chi connectivity index (χ4v) is 2.66. The van der Waals surface area contributed by atoms with Crippen LogP contribution in [0.1, 0.15) is 17.2 Å². The normalized spacial score (nSPS) is 27.4. The van der Waals surface area contributed by atoms with Crippen molar-refractivity contribution in [1.29, 1.82) is 0 Å². The fourth-order valence-electron chi connectivity index (χ4n) is 2.66. The van der Waals surface area contributed by atoms with E-state index in [0.29, 0.717) is 6.04 Å². The van der Waals surface area contributed by atoms with Crippen molar-refractivity contribution in [2.75, 3.05) is 26.7 Å². The van der Waals surface area contributed by atoms with Gasteiger partial charge in [0.05, 0.1) is 0 Å². The lowest BCUT2D eigenvalue weighted by Crippen LogP contribution is -2.43. The quantitative estimate of drug-likeness (QED) is 0.608. The molecule has 2 heterocycles. The summed E-state index contributed by atoms with van der Waals surface area (Å²) in [6.45, 7) is 4.78. The first-order valence-electron chi connectivity index (χ1n) is 5.35. The molecule has 1 aromatic carbocycles. The van der Waals surface area contributed by atoms with Gasteiger partial charge in [0.25, 0.3) is 0 Å². The summed E-state index contributed by atoms with van der Waals surface area (Å²) in [6, 6.07) is 9.54. The van der Waals surface area contributed by atoms with Gasteiger partial charge in [-0.2, -0.15) is 0 Å². The molecule has 2 aliphatic rings. The monoisotopic (exact) mass is 188 g/mol. The van der Waals surface area contributed by atoms with Gasteiger partial charge in [0, 0.05) is 32.2 Å². The average Bonchev–Trinajstić information content (AvgIpc) is 2.56. The van der Waals surface area contributed by atoms with Crippen molar-refractivity contribution in [2.24, 2.45) is 0 Å². The Kier molecular flexibility index (Phi) is 1.85. The molecule has 1 atom stereocenters. The third kappa shape index (κ3) is 1.18. The predicted molar refractivity (Wildman–Crippen MR) is 57.1 cm³/mol. The molecule has 0 spiro atoms. The molecule has 0 aromatic heterocycles. The third-order valence-electron chi connectivity index (χ3n) is 3.48. The number of piperazine rings is 1. The first-order valence-corrected chi connectivity index (χ1v) is 5.35. The van der Waals surface area contributed by atoms with Crippen molar-refractivity contribution in [1.82, 2.24) is 9.80 Å². The van der Waals surface area contributed by atoms with Gasteiger partial charge in [-0.15, -0.1) is 0 Å². The average molecular weight is 188 g/mol. The van der Waals surface area contributed by atoms with Crippen LogP contribution in [0, 0.1) is 0 Å². The summed E-state index contributed by atoms with van der Waals surface area (Å²) >= 11 is 0. The minimum atomic E-state index is 0.657. The minimum absolute atomic E-state index is 0.657. The van der Waals surface area contributed by atoms with Crippen molar-refractivity contribution in [3.63, 3.8) is 0 Å². The molecule has 2 nitrogen and oxygen atoms in total. The van der Waals surface area contributed by atoms with Crippen LogP contribution in [0.3, 0.4) is 0 Å². The van der Waals surface area contributed by atoms with E-state index in [-0.39, 0.29) is 0 Å². The van der Waals surface area contributed by atoms with Crippen molar-refractivity contribution >= 4 is 0 Å². The molecule has 0 saturated carbocycles. The number of fused-ring (bicyclic) bond motifs is 3. The highest BCUT2D eigenvalue weighted by molar-refractivity contribution is 5.34. The molecule has 0 radical (unpaired) electrons. The molecule has 3 rings (SSSR count). The Morgan fingerprint density at radius 1 is 1.21 bits per heavy atom. The summed E-state index contributed by atoms with van der Waals surface area (Å²) in [4.78, 5) is 5.04. The van der Waals surface area contributed by atoms with Crippen LogP contribution in [0.2, 0.25) is 0 Å². The van der Waals surface area contributed by atoms with Gasteiger partial charge in [-0.25, -0.2) is 0 Å². The molecule has 0 unspecified atom stereocenters. The molecule has 0 amide bonds. The van der Waals surface area contributed by atoms with Gasteiger partial charge in [0.2, 0.25) is 0 Å². The minimum Gasteiger partial charge on any atom is -0.303 e. The van der Waals surface area contributed by atoms with Crippen LogP contribution in [0.4, 0.5) is 0 Å². The number of hydrogen-bond acceptors (Lipinski definition) is 2. The number of nitrogens with zero attached hydrogens (tertiary/aromatic N) is 2. The highest BCUT2D eigenvalue weighted by Gasteiger charge is 2.33. The van der Waals surface area contributed by atoms with Gasteiger partial charge in [-0.05, 0) is 18.2 Å². The molecule has 1 saturated heterocycles. The van der Waals surface area contributed by atoms with Gasteiger partial charge >= 0.3 is 0 Å². The zero-order valence-electron chi connectivity index (χ0n) is 8.61. The highest BCUT2D eigenvalue weighted by Crippen LogP contribution is 2.35. The molecule has 0 N–H and O–H groups in total. The van der Waals surface area contributed by atoms with Crippen LogP contribution in [-0.2, 0) is 6.54 Å². The maximum Gasteiger partial charge on any atom is 0.0482 e. The van der Waals surface area contributed by atoms with E-state index in [1.54, 1.807) is 5.56 Å². The van der Waals surface area contributed by atoms with E-state index in [1.165, 1.54) is 25.2 Å². The molecule has 1 fully saturated rings. The summed E-state index contributed by atoms with van der Waals surface area (Å²) in [5.41, 5.74) is 3.09. The van der Waals surface area contributed by atoms with Gasteiger partial charge in [-0.1, -0.05) is 24.3 Å². The van der Waals surface area contributed by atoms with Gasteiger partial charge in [0.15, 0.2) is 0 Å². The first-order chi connectivity index (χ1) is 6.84. The summed E-state index contributed by atoms with van der Waals surface area (Å²) in [5.74, 6) is 0. The second kappa shape index (κ2) is 3.07. The smallest absolute Gasteiger partial charge is 0.0482 e. The van der Waals surface area contributed by atoms with E-state index >= 15 is 0 Å². The lowest BCUT2D eigenvalue weighted by molar-refractivity contribution is 0.101. The summed E-state index contributed by atoms with van der Waals surface area (Å²) in [7, 11) is 2.22. The lowest BCUT2D eigenvalue weighted by atomic mass is 10.0. The van der Waals surface area contributed by atoms with E-state index < -0.39 is 0 Å². The Hall–Kier alpha value is -0.860. The topological polar surface area (TPSA) is 6.48 Å². The second-order valence-corrected chi connectivity index (χ2v) is 4.45. The molecule has 2 heteroatoms. The van der Waals surface area contributed by atoms with Gasteiger partial charge in [-0.3, -0.25) is 4.90 Å². The van der Waals surface area contributed by atoms with Gasteiger partial charge in [0.1, 0.15) is 0 Å². The standard InChI is InChI=1S/C12H16N2/c1-13-6-7-14-8-10-4-2-3-5-11(10)12(14)9-13/h2-5,12H,6-9H2,1H3/t12-/m0/s1. The molecule has 14 heavy (non-hydrogen) atoms. The van der Waals surface area contributed by atoms with Crippen molar-refractivity contribution < 1.29 is 0 Å². The Bertz CT molecular complexity index is 348. The maximum atomic E-state index is 2.60. The maximum absolute atomic E-state index is 2.60. The fraction of sp³-hybridized carbons (Fsp3) is 0.500. The first kappa shape index (κ1) is 8.45. The van der Waals surface area contributed by atoms with Gasteiger partial charge < -0.3 is 4.90 Å². The second-order valence-electron chi connectivity index (χ2n) is 4.45. The molecule has 0 aliphatic carbocycles. The molecule has 74 valence electrons. The molecular formula is C12H16N2.